The Labute approximate surface area is 87.1 Å². The first kappa shape index (κ1) is 11.1. The molecule has 2 N–H and O–H groups in total. The van der Waals surface area contributed by atoms with Crippen LogP contribution in [0.3, 0.4) is 0 Å². The smallest absolute Gasteiger partial charge is 0.0740 e. The fraction of sp³-hybridized carbons (Fsp3) is 0.875. The lowest BCUT2D eigenvalue weighted by molar-refractivity contribution is 0.304. The topological polar surface area (TPSA) is 46.3 Å². The molecule has 0 amide bonds. The second kappa shape index (κ2) is 5.67. The van der Waals surface area contributed by atoms with Crippen LogP contribution in [-0.4, -0.2) is 45.2 Å². The van der Waals surface area contributed by atoms with Crippen molar-refractivity contribution in [1.82, 2.24) is 4.90 Å². The molecule has 0 radical (unpaired) electrons. The van der Waals surface area contributed by atoms with Crippen molar-refractivity contribution in [2.75, 3.05) is 31.1 Å². The summed E-state index contributed by atoms with van der Waals surface area (Å²) >= 11 is 4.81. The molecule has 0 aromatic heterocycles. The minimum Gasteiger partial charge on any atom is -0.393 e. The van der Waals surface area contributed by atoms with Crippen LogP contribution in [0.25, 0.3) is 0 Å². The van der Waals surface area contributed by atoms with Crippen molar-refractivity contribution in [1.29, 1.82) is 0 Å². The van der Waals surface area contributed by atoms with Crippen LogP contribution in [-0.2, 0) is 10.8 Å². The van der Waals surface area contributed by atoms with Crippen molar-refractivity contribution < 1.29 is 4.21 Å². The molecule has 1 atom stereocenters. The summed E-state index contributed by atoms with van der Waals surface area (Å²) in [5, 5.41) is 0. The molecule has 1 fully saturated rings. The molecule has 1 saturated heterocycles. The minimum atomic E-state index is -0.598. The summed E-state index contributed by atoms with van der Waals surface area (Å²) in [5.41, 5.74) is 5.42. The Bertz CT molecular complexity index is 208. The fourth-order valence-electron chi connectivity index (χ4n) is 1.39. The zero-order chi connectivity index (χ0) is 9.68. The third-order valence-corrected chi connectivity index (χ3v) is 3.74. The van der Waals surface area contributed by atoms with Gasteiger partial charge in [-0.2, -0.15) is 0 Å². The van der Waals surface area contributed by atoms with Crippen molar-refractivity contribution in [3.8, 4) is 0 Å². The van der Waals surface area contributed by atoms with Gasteiger partial charge >= 0.3 is 0 Å². The summed E-state index contributed by atoms with van der Waals surface area (Å²) in [4.78, 5) is 2.87. The van der Waals surface area contributed by atoms with Gasteiger partial charge in [-0.1, -0.05) is 12.2 Å². The predicted molar refractivity (Wildman–Crippen MR) is 60.3 cm³/mol. The van der Waals surface area contributed by atoms with E-state index < -0.39 is 10.8 Å². The highest BCUT2D eigenvalue weighted by Gasteiger charge is 2.12. The molecule has 0 aromatic rings. The molecule has 5 heteroatoms. The third-order valence-electron chi connectivity index (χ3n) is 2.16. The number of thiocarbonyl (C=S) groups is 1. The van der Waals surface area contributed by atoms with Crippen molar-refractivity contribution >= 4 is 28.0 Å². The van der Waals surface area contributed by atoms with Crippen LogP contribution in [0.4, 0.5) is 0 Å². The van der Waals surface area contributed by atoms with Crippen molar-refractivity contribution in [3.63, 3.8) is 0 Å². The van der Waals surface area contributed by atoms with Gasteiger partial charge in [-0.25, -0.2) is 0 Å². The van der Waals surface area contributed by atoms with Gasteiger partial charge in [-0.15, -0.1) is 0 Å². The molecular formula is C8H16N2OS2. The second-order valence-electron chi connectivity index (χ2n) is 3.26. The Morgan fingerprint density at radius 2 is 2.23 bits per heavy atom. The van der Waals surface area contributed by atoms with E-state index >= 15 is 0 Å². The van der Waals surface area contributed by atoms with Crippen molar-refractivity contribution in [2.45, 2.75) is 12.8 Å². The number of nitrogens with two attached hydrogens (primary N) is 1. The molecule has 3 nitrogen and oxygen atoms in total. The average molecular weight is 220 g/mol. The lowest BCUT2D eigenvalue weighted by Crippen LogP contribution is -2.30. The summed E-state index contributed by atoms with van der Waals surface area (Å²) in [6.45, 7) is 2.89. The first-order valence-corrected chi connectivity index (χ1v) is 6.44. The van der Waals surface area contributed by atoms with Gasteiger partial charge in [0, 0.05) is 41.8 Å². The van der Waals surface area contributed by atoms with Gasteiger partial charge in [0.1, 0.15) is 0 Å². The van der Waals surface area contributed by atoms with E-state index in [2.05, 4.69) is 4.90 Å². The van der Waals surface area contributed by atoms with Crippen LogP contribution in [0.5, 0.6) is 0 Å². The van der Waals surface area contributed by atoms with Gasteiger partial charge in [0.2, 0.25) is 0 Å². The van der Waals surface area contributed by atoms with E-state index in [9.17, 15) is 4.21 Å². The van der Waals surface area contributed by atoms with Gasteiger partial charge in [0.25, 0.3) is 0 Å². The molecule has 0 aromatic carbocycles. The second-order valence-corrected chi connectivity index (χ2v) is 5.48. The Balaban J connectivity index is 2.25. The van der Waals surface area contributed by atoms with Gasteiger partial charge in [0.15, 0.2) is 0 Å². The Hall–Kier alpha value is -0.0000000000000000555. The van der Waals surface area contributed by atoms with Crippen molar-refractivity contribution in [3.05, 3.63) is 0 Å². The van der Waals surface area contributed by atoms with Crippen LogP contribution in [0.2, 0.25) is 0 Å². The van der Waals surface area contributed by atoms with Crippen LogP contribution in [0.1, 0.15) is 12.8 Å². The molecular weight excluding hydrogens is 204 g/mol. The van der Waals surface area contributed by atoms with E-state index in [-0.39, 0.29) is 0 Å². The maximum Gasteiger partial charge on any atom is 0.0740 e. The zero-order valence-electron chi connectivity index (χ0n) is 7.70. The van der Waals surface area contributed by atoms with Gasteiger partial charge in [0.05, 0.1) is 4.99 Å². The summed E-state index contributed by atoms with van der Waals surface area (Å²) in [6.07, 6.45) is 1.81. The molecule has 0 spiro atoms. The van der Waals surface area contributed by atoms with E-state index in [0.717, 1.165) is 44.0 Å². The Morgan fingerprint density at radius 1 is 1.46 bits per heavy atom. The van der Waals surface area contributed by atoms with E-state index in [1.54, 1.807) is 0 Å². The standard InChI is InChI=1S/C8H16N2OS2/c9-8(12)2-4-10-3-1-6-13(11)7-5-10/h1-7H2,(H2,9,12). The molecule has 76 valence electrons. The summed E-state index contributed by atoms with van der Waals surface area (Å²) < 4.78 is 11.2. The van der Waals surface area contributed by atoms with E-state index in [1.165, 1.54) is 0 Å². The van der Waals surface area contributed by atoms with Crippen LogP contribution >= 0.6 is 12.2 Å². The molecule has 13 heavy (non-hydrogen) atoms. The van der Waals surface area contributed by atoms with Crippen molar-refractivity contribution in [2.24, 2.45) is 5.73 Å². The molecule has 1 aliphatic heterocycles. The quantitative estimate of drug-likeness (QED) is 0.686. The number of rotatable bonds is 3. The predicted octanol–water partition coefficient (Wildman–Crippen LogP) is 0.117. The SMILES string of the molecule is NC(=S)CCN1CCCS(=O)CC1. The third kappa shape index (κ3) is 4.69. The molecule has 1 unspecified atom stereocenters. The molecule has 0 aliphatic carbocycles. The summed E-state index contributed by atoms with van der Waals surface area (Å²) in [7, 11) is -0.598. The van der Waals surface area contributed by atoms with E-state index in [4.69, 9.17) is 18.0 Å². The van der Waals surface area contributed by atoms with Crippen LogP contribution < -0.4 is 5.73 Å². The highest BCUT2D eigenvalue weighted by Crippen LogP contribution is 2.02. The average Bonchev–Trinajstić information content (AvgIpc) is 2.27. The molecule has 1 aliphatic rings. The van der Waals surface area contributed by atoms with E-state index in [1.807, 2.05) is 0 Å². The lowest BCUT2D eigenvalue weighted by Gasteiger charge is -2.18. The number of hydrogen-bond acceptors (Lipinski definition) is 3. The molecule has 0 saturated carbocycles. The molecule has 1 rings (SSSR count). The maximum absolute atomic E-state index is 11.2. The highest BCUT2D eigenvalue weighted by atomic mass is 32.2. The van der Waals surface area contributed by atoms with Crippen LogP contribution in [0, 0.1) is 0 Å². The highest BCUT2D eigenvalue weighted by molar-refractivity contribution is 7.85. The Kier molecular flexibility index (Phi) is 4.83. The monoisotopic (exact) mass is 220 g/mol. The first-order valence-electron chi connectivity index (χ1n) is 4.54. The number of nitrogens with zero attached hydrogens (tertiary/aromatic N) is 1. The molecule has 0 bridgehead atoms. The number of hydrogen-bond donors (Lipinski definition) is 1. The lowest BCUT2D eigenvalue weighted by atomic mass is 10.3. The largest absolute Gasteiger partial charge is 0.393 e. The summed E-state index contributed by atoms with van der Waals surface area (Å²) in [6, 6.07) is 0. The Morgan fingerprint density at radius 3 is 2.92 bits per heavy atom. The normalized spacial score (nSPS) is 25.4. The van der Waals surface area contributed by atoms with Gasteiger partial charge in [-0.3, -0.25) is 4.21 Å². The first-order chi connectivity index (χ1) is 6.18. The van der Waals surface area contributed by atoms with Gasteiger partial charge in [-0.05, 0) is 13.0 Å². The fourth-order valence-corrected chi connectivity index (χ4v) is 2.59. The zero-order valence-corrected chi connectivity index (χ0v) is 9.33. The van der Waals surface area contributed by atoms with E-state index in [0.29, 0.717) is 4.99 Å². The summed E-state index contributed by atoms with van der Waals surface area (Å²) in [5.74, 6) is 1.65. The molecule has 1 heterocycles. The van der Waals surface area contributed by atoms with Crippen LogP contribution in [0.15, 0.2) is 0 Å². The minimum absolute atomic E-state index is 0.574. The van der Waals surface area contributed by atoms with Gasteiger partial charge < -0.3 is 10.6 Å². The maximum atomic E-state index is 11.2.